The summed E-state index contributed by atoms with van der Waals surface area (Å²) in [6.45, 7) is 6.67. The van der Waals surface area contributed by atoms with Crippen LogP contribution in [-0.2, 0) is 24.3 Å². The molecule has 3 aromatic rings. The summed E-state index contributed by atoms with van der Waals surface area (Å²) in [5, 5.41) is 4.91. The molecule has 32 heavy (non-hydrogen) atoms. The molecule has 3 heterocycles. The van der Waals surface area contributed by atoms with Gasteiger partial charge in [-0.25, -0.2) is 0 Å². The molecule has 6 rings (SSSR count). The molecule has 0 bridgehead atoms. The van der Waals surface area contributed by atoms with Crippen molar-refractivity contribution in [3.8, 4) is 0 Å². The lowest BCUT2D eigenvalue weighted by Gasteiger charge is -2.31. The first-order valence-electron chi connectivity index (χ1n) is 11.3. The van der Waals surface area contributed by atoms with Crippen LogP contribution in [0.3, 0.4) is 0 Å². The van der Waals surface area contributed by atoms with E-state index in [1.54, 1.807) is 4.90 Å². The Balaban J connectivity index is 1.35. The number of hydrogen-bond acceptors (Lipinski definition) is 3. The zero-order chi connectivity index (χ0) is 21.8. The van der Waals surface area contributed by atoms with Gasteiger partial charge in [-0.1, -0.05) is 49.0 Å². The van der Waals surface area contributed by atoms with Crippen molar-refractivity contribution in [2.75, 3.05) is 11.4 Å². The van der Waals surface area contributed by atoms with Crippen molar-refractivity contribution in [3.05, 3.63) is 89.1 Å². The number of benzene rings is 3. The van der Waals surface area contributed by atoms with Crippen LogP contribution in [0.25, 0.3) is 10.8 Å². The second-order valence-electron chi connectivity index (χ2n) is 9.02. The highest BCUT2D eigenvalue weighted by Crippen LogP contribution is 2.41. The van der Waals surface area contributed by atoms with E-state index in [4.69, 9.17) is 0 Å². The van der Waals surface area contributed by atoms with Crippen molar-refractivity contribution < 1.29 is 9.59 Å². The first-order chi connectivity index (χ1) is 15.6. The second kappa shape index (κ2) is 7.31. The molecule has 0 aromatic heterocycles. The molecule has 5 nitrogen and oxygen atoms in total. The zero-order valence-electron chi connectivity index (χ0n) is 17.9. The number of allylic oxidation sites excluding steroid dienone is 1. The predicted octanol–water partition coefficient (Wildman–Crippen LogP) is 4.15. The Morgan fingerprint density at radius 1 is 0.969 bits per heavy atom. The normalized spacial score (nSPS) is 20.6. The van der Waals surface area contributed by atoms with Crippen LogP contribution in [0, 0.1) is 0 Å². The third-order valence-electron chi connectivity index (χ3n) is 7.06. The van der Waals surface area contributed by atoms with Gasteiger partial charge in [0.15, 0.2) is 0 Å². The van der Waals surface area contributed by atoms with Gasteiger partial charge in [-0.05, 0) is 53.5 Å². The van der Waals surface area contributed by atoms with Crippen LogP contribution in [-0.4, -0.2) is 29.3 Å². The molecule has 3 aliphatic heterocycles. The van der Waals surface area contributed by atoms with Crippen LogP contribution >= 0.6 is 0 Å². The Morgan fingerprint density at radius 2 is 1.81 bits per heavy atom. The highest BCUT2D eigenvalue weighted by atomic mass is 16.2. The van der Waals surface area contributed by atoms with Crippen molar-refractivity contribution in [1.82, 2.24) is 10.2 Å². The second-order valence-corrected chi connectivity index (χ2v) is 9.02. The van der Waals surface area contributed by atoms with E-state index in [1.165, 1.54) is 16.7 Å². The van der Waals surface area contributed by atoms with E-state index in [9.17, 15) is 9.59 Å². The number of anilines is 1. The maximum atomic E-state index is 13.4. The Morgan fingerprint density at radius 3 is 2.66 bits per heavy atom. The lowest BCUT2D eigenvalue weighted by Crippen LogP contribution is -2.51. The summed E-state index contributed by atoms with van der Waals surface area (Å²) < 4.78 is 0. The van der Waals surface area contributed by atoms with Crippen molar-refractivity contribution in [2.45, 2.75) is 38.4 Å². The third-order valence-corrected chi connectivity index (χ3v) is 7.06. The molecule has 3 aromatic carbocycles. The number of nitrogens with zero attached hydrogens (tertiary/aromatic N) is 2. The first-order valence-corrected chi connectivity index (χ1v) is 11.3. The van der Waals surface area contributed by atoms with Gasteiger partial charge < -0.3 is 5.32 Å². The minimum absolute atomic E-state index is 0.0812. The van der Waals surface area contributed by atoms with Crippen LogP contribution in [0.4, 0.5) is 5.69 Å². The van der Waals surface area contributed by atoms with Gasteiger partial charge in [-0.3, -0.25) is 19.4 Å². The molecule has 0 spiro atoms. The molecule has 1 saturated heterocycles. The van der Waals surface area contributed by atoms with Gasteiger partial charge in [0, 0.05) is 36.3 Å². The largest absolute Gasteiger partial charge is 0.329 e. The smallest absolute Gasteiger partial charge is 0.259 e. The molecule has 1 N–H and O–H groups in total. The maximum absolute atomic E-state index is 13.4. The number of piperidine rings is 1. The molecule has 0 saturated carbocycles. The van der Waals surface area contributed by atoms with E-state index in [0.29, 0.717) is 18.4 Å². The number of hydrogen-bond donors (Lipinski definition) is 1. The number of fused-ring (bicyclic) bond motifs is 1. The average molecular weight is 424 g/mol. The Bertz CT molecular complexity index is 1300. The number of carbonyl (C=O) groups excluding carboxylic acids is 2. The molecule has 1 fully saturated rings. The Labute approximate surface area is 187 Å². The molecule has 1 unspecified atom stereocenters. The summed E-state index contributed by atoms with van der Waals surface area (Å²) in [4.78, 5) is 30.2. The van der Waals surface area contributed by atoms with Crippen molar-refractivity contribution >= 4 is 28.3 Å². The van der Waals surface area contributed by atoms with E-state index in [2.05, 4.69) is 53.2 Å². The van der Waals surface area contributed by atoms with E-state index >= 15 is 0 Å². The molecule has 3 aliphatic rings. The van der Waals surface area contributed by atoms with Crippen LogP contribution in [0.5, 0.6) is 0 Å². The maximum Gasteiger partial charge on any atom is 0.259 e. The van der Waals surface area contributed by atoms with Gasteiger partial charge in [-0.15, -0.1) is 0 Å². The summed E-state index contributed by atoms with van der Waals surface area (Å²) in [5.74, 6) is -0.228. The number of rotatable bonds is 3. The van der Waals surface area contributed by atoms with Crippen LogP contribution in [0.15, 0.2) is 66.9 Å². The van der Waals surface area contributed by atoms with Gasteiger partial charge in [0.05, 0.1) is 5.69 Å². The minimum atomic E-state index is -0.493. The predicted molar refractivity (Wildman–Crippen MR) is 125 cm³/mol. The molecule has 2 amide bonds. The van der Waals surface area contributed by atoms with Gasteiger partial charge >= 0.3 is 0 Å². The highest BCUT2D eigenvalue weighted by molar-refractivity contribution is 6.27. The fourth-order valence-corrected chi connectivity index (χ4v) is 5.45. The monoisotopic (exact) mass is 423 g/mol. The number of amides is 2. The number of nitrogens with one attached hydrogen (secondary N) is 1. The lowest BCUT2D eigenvalue weighted by molar-refractivity contribution is -0.122. The van der Waals surface area contributed by atoms with Crippen molar-refractivity contribution in [1.29, 1.82) is 0 Å². The van der Waals surface area contributed by atoms with Crippen molar-refractivity contribution in [3.63, 3.8) is 0 Å². The molecule has 160 valence electrons. The molecule has 1 atom stereocenters. The van der Waals surface area contributed by atoms with E-state index in [1.807, 2.05) is 18.2 Å². The highest BCUT2D eigenvalue weighted by Gasteiger charge is 2.40. The summed E-state index contributed by atoms with van der Waals surface area (Å²) in [6, 6.07) is 18.3. The van der Waals surface area contributed by atoms with Crippen molar-refractivity contribution in [2.24, 2.45) is 0 Å². The average Bonchev–Trinajstić information content (AvgIpc) is 3.08. The quantitative estimate of drug-likeness (QED) is 0.689. The summed E-state index contributed by atoms with van der Waals surface area (Å²) in [6.07, 6.45) is 2.35. The standard InChI is InChI=1S/C27H25N3O2/c1-17-9-12-24(26(31)28-17)30-23-8-4-7-21-20(10-11-22(25(21)23)27(30)32)16-29-14-13-18-5-2-3-6-19(18)15-29/h2-8,10-11,24H,1,9,12-16H2,(H,28,31). The van der Waals surface area contributed by atoms with E-state index < -0.39 is 6.04 Å². The SMILES string of the molecule is C=C1CCC(N2C(=O)c3ccc(CN4CCc5ccccc5C4)c4cccc2c34)C(=O)N1. The van der Waals surface area contributed by atoms with Crippen LogP contribution < -0.4 is 10.2 Å². The third kappa shape index (κ3) is 2.96. The topological polar surface area (TPSA) is 52.7 Å². The summed E-state index contributed by atoms with van der Waals surface area (Å²) in [5.41, 5.74) is 6.33. The van der Waals surface area contributed by atoms with Crippen LogP contribution in [0.2, 0.25) is 0 Å². The fourth-order valence-electron chi connectivity index (χ4n) is 5.45. The Kier molecular flexibility index (Phi) is 4.40. The number of carbonyl (C=O) groups is 2. The molecule has 0 radical (unpaired) electrons. The molecular formula is C27H25N3O2. The molecule has 5 heteroatoms. The summed E-state index contributed by atoms with van der Waals surface area (Å²) in [7, 11) is 0. The minimum Gasteiger partial charge on any atom is -0.329 e. The van der Waals surface area contributed by atoms with Gasteiger partial charge in [-0.2, -0.15) is 0 Å². The fraction of sp³-hybridized carbons (Fsp3) is 0.259. The Hall–Kier alpha value is -3.44. The molecular weight excluding hydrogens is 398 g/mol. The lowest BCUT2D eigenvalue weighted by atomic mass is 9.97. The summed E-state index contributed by atoms with van der Waals surface area (Å²) >= 11 is 0. The van der Waals surface area contributed by atoms with Gasteiger partial charge in [0.2, 0.25) is 5.91 Å². The zero-order valence-corrected chi connectivity index (χ0v) is 17.9. The van der Waals surface area contributed by atoms with Gasteiger partial charge in [0.1, 0.15) is 6.04 Å². The van der Waals surface area contributed by atoms with Gasteiger partial charge in [0.25, 0.3) is 5.91 Å². The van der Waals surface area contributed by atoms with Crippen LogP contribution in [0.1, 0.15) is 39.9 Å². The van der Waals surface area contributed by atoms with E-state index in [0.717, 1.165) is 48.2 Å². The van der Waals surface area contributed by atoms with E-state index in [-0.39, 0.29) is 11.8 Å². The molecule has 0 aliphatic carbocycles. The first kappa shape index (κ1) is 19.3.